The molecule has 1 amide bonds. The summed E-state index contributed by atoms with van der Waals surface area (Å²) in [5, 5.41) is 4.41. The molecule has 2 aromatic carbocycles. The van der Waals surface area contributed by atoms with E-state index < -0.39 is 0 Å². The van der Waals surface area contributed by atoms with Gasteiger partial charge in [-0.3, -0.25) is 10.1 Å². The Labute approximate surface area is 172 Å². The Morgan fingerprint density at radius 3 is 2.56 bits per heavy atom. The molecule has 0 aliphatic heterocycles. The predicted molar refractivity (Wildman–Crippen MR) is 114 cm³/mol. The number of rotatable bonds is 5. The molecule has 0 spiro atoms. The number of anilines is 1. The van der Waals surface area contributed by atoms with Crippen LogP contribution in [0.3, 0.4) is 0 Å². The molecule has 3 nitrogen and oxygen atoms in total. The maximum atomic E-state index is 12.5. The predicted octanol–water partition coefficient (Wildman–Crippen LogP) is 6.22. The molecule has 6 heteroatoms. The van der Waals surface area contributed by atoms with E-state index in [9.17, 15) is 4.79 Å². The lowest BCUT2D eigenvalue weighted by Crippen LogP contribution is -2.11. The van der Waals surface area contributed by atoms with E-state index in [4.69, 9.17) is 11.6 Å². The Balaban J connectivity index is 1.35. The van der Waals surface area contributed by atoms with Gasteiger partial charge in [-0.2, -0.15) is 0 Å². The molecule has 0 radical (unpaired) electrons. The topological polar surface area (TPSA) is 42.0 Å². The second-order valence-corrected chi connectivity index (χ2v) is 9.06. The molecule has 1 aliphatic carbocycles. The number of fused-ring (bicyclic) bond motifs is 1. The number of thioether (sulfide) groups is 1. The third-order valence-corrected chi connectivity index (χ3v) is 6.91. The molecule has 0 saturated carbocycles. The van der Waals surface area contributed by atoms with Crippen LogP contribution in [0.25, 0.3) is 0 Å². The second kappa shape index (κ2) is 8.46. The highest BCUT2D eigenvalue weighted by Crippen LogP contribution is 2.30. The molecule has 0 bridgehead atoms. The van der Waals surface area contributed by atoms with E-state index in [2.05, 4.69) is 10.3 Å². The Hall–Kier alpha value is -1.82. The lowest BCUT2D eigenvalue weighted by molar-refractivity contribution is 0.102. The number of amides is 1. The first-order valence-corrected chi connectivity index (χ1v) is 11.1. The van der Waals surface area contributed by atoms with Gasteiger partial charge in [0.1, 0.15) is 0 Å². The third kappa shape index (κ3) is 4.72. The van der Waals surface area contributed by atoms with Gasteiger partial charge >= 0.3 is 0 Å². The number of aromatic nitrogens is 1. The molecule has 1 aliphatic rings. The van der Waals surface area contributed by atoms with Crippen LogP contribution >= 0.6 is 34.7 Å². The van der Waals surface area contributed by atoms with Gasteiger partial charge in [-0.1, -0.05) is 23.7 Å². The van der Waals surface area contributed by atoms with Crippen LogP contribution in [-0.2, 0) is 18.6 Å². The number of halogens is 1. The average Bonchev–Trinajstić information content (AvgIpc) is 3.10. The first-order chi connectivity index (χ1) is 13.2. The molecular weight excluding hydrogens is 396 g/mol. The minimum Gasteiger partial charge on any atom is -0.298 e. The maximum Gasteiger partial charge on any atom is 0.257 e. The van der Waals surface area contributed by atoms with Crippen molar-refractivity contribution in [2.75, 3.05) is 5.32 Å². The summed E-state index contributed by atoms with van der Waals surface area (Å²) < 4.78 is 0. The van der Waals surface area contributed by atoms with E-state index in [1.165, 1.54) is 28.2 Å². The molecule has 4 rings (SSSR count). The summed E-state index contributed by atoms with van der Waals surface area (Å²) in [6.45, 7) is 0. The first-order valence-electron chi connectivity index (χ1n) is 8.94. The minimum absolute atomic E-state index is 0.0991. The van der Waals surface area contributed by atoms with E-state index >= 15 is 0 Å². The summed E-state index contributed by atoms with van der Waals surface area (Å²) in [6.07, 6.45) is 4.53. The highest BCUT2D eigenvalue weighted by molar-refractivity contribution is 7.98. The lowest BCUT2D eigenvalue weighted by atomic mass is 10.0. The molecule has 1 heterocycles. The zero-order valence-electron chi connectivity index (χ0n) is 14.7. The number of aryl methyl sites for hydroxylation is 2. The van der Waals surface area contributed by atoms with Gasteiger partial charge < -0.3 is 0 Å². The minimum atomic E-state index is -0.0991. The number of hydrogen-bond acceptors (Lipinski definition) is 4. The number of carbonyl (C=O) groups excluding carboxylic acids is 1. The van der Waals surface area contributed by atoms with Crippen LogP contribution in [-0.4, -0.2) is 10.9 Å². The van der Waals surface area contributed by atoms with Crippen LogP contribution in [0.5, 0.6) is 0 Å². The van der Waals surface area contributed by atoms with Crippen LogP contribution in [0.1, 0.15) is 39.3 Å². The molecule has 0 fully saturated rings. The highest BCUT2D eigenvalue weighted by atomic mass is 35.5. The highest BCUT2D eigenvalue weighted by Gasteiger charge is 2.16. The third-order valence-electron chi connectivity index (χ3n) is 4.50. The van der Waals surface area contributed by atoms with Crippen molar-refractivity contribution < 1.29 is 4.79 Å². The van der Waals surface area contributed by atoms with Crippen molar-refractivity contribution >= 4 is 45.7 Å². The number of hydrogen-bond donors (Lipinski definition) is 1. The van der Waals surface area contributed by atoms with Gasteiger partial charge in [0, 0.05) is 26.1 Å². The monoisotopic (exact) mass is 414 g/mol. The van der Waals surface area contributed by atoms with Crippen molar-refractivity contribution in [3.05, 3.63) is 75.3 Å². The molecule has 1 N–H and O–H groups in total. The van der Waals surface area contributed by atoms with Crippen molar-refractivity contribution in [2.45, 2.75) is 36.3 Å². The SMILES string of the molecule is O=C(Nc1nc2c(s1)CCCC2)c1ccc(CSc2ccc(Cl)cc2)cc1. The van der Waals surface area contributed by atoms with E-state index in [0.29, 0.717) is 10.7 Å². The summed E-state index contributed by atoms with van der Waals surface area (Å²) >= 11 is 9.27. The van der Waals surface area contributed by atoms with Crippen molar-refractivity contribution in [3.63, 3.8) is 0 Å². The molecule has 0 saturated heterocycles. The summed E-state index contributed by atoms with van der Waals surface area (Å²) in [7, 11) is 0. The normalized spacial score (nSPS) is 13.2. The molecule has 27 heavy (non-hydrogen) atoms. The van der Waals surface area contributed by atoms with Crippen LogP contribution < -0.4 is 5.32 Å². The Bertz CT molecular complexity index is 912. The summed E-state index contributed by atoms with van der Waals surface area (Å²) in [4.78, 5) is 19.6. The van der Waals surface area contributed by atoms with Crippen LogP contribution in [0, 0.1) is 0 Å². The number of nitrogens with one attached hydrogen (secondary N) is 1. The maximum absolute atomic E-state index is 12.5. The zero-order chi connectivity index (χ0) is 18.6. The summed E-state index contributed by atoms with van der Waals surface area (Å²) in [6, 6.07) is 15.6. The molecule has 0 unspecified atom stereocenters. The fraction of sp³-hybridized carbons (Fsp3) is 0.238. The van der Waals surface area contributed by atoms with Crippen molar-refractivity contribution in [1.29, 1.82) is 0 Å². The standard InChI is InChI=1S/C21H19ClN2OS2/c22-16-9-11-17(12-10-16)26-13-14-5-7-15(8-6-14)20(25)24-21-23-18-3-1-2-4-19(18)27-21/h5-12H,1-4,13H2,(H,23,24,25). The van der Waals surface area contributed by atoms with Gasteiger partial charge in [-0.05, 0) is 67.6 Å². The van der Waals surface area contributed by atoms with Gasteiger partial charge in [-0.15, -0.1) is 23.1 Å². The van der Waals surface area contributed by atoms with Gasteiger partial charge in [0.2, 0.25) is 0 Å². The zero-order valence-corrected chi connectivity index (χ0v) is 17.1. The van der Waals surface area contributed by atoms with Crippen LogP contribution in [0.4, 0.5) is 5.13 Å². The number of benzene rings is 2. The Kier molecular flexibility index (Phi) is 5.81. The van der Waals surface area contributed by atoms with Gasteiger partial charge in [0.15, 0.2) is 5.13 Å². The first kappa shape index (κ1) is 18.5. The molecule has 138 valence electrons. The van der Waals surface area contributed by atoms with Crippen LogP contribution in [0.15, 0.2) is 53.4 Å². The van der Waals surface area contributed by atoms with Crippen LogP contribution in [0.2, 0.25) is 5.02 Å². The fourth-order valence-corrected chi connectivity index (χ4v) is 5.05. The van der Waals surface area contributed by atoms with Gasteiger partial charge in [0.25, 0.3) is 5.91 Å². The molecule has 1 aromatic heterocycles. The Morgan fingerprint density at radius 1 is 1.07 bits per heavy atom. The van der Waals surface area contributed by atoms with E-state index in [-0.39, 0.29) is 5.91 Å². The van der Waals surface area contributed by atoms with Crippen molar-refractivity contribution in [2.24, 2.45) is 0 Å². The fourth-order valence-electron chi connectivity index (χ4n) is 3.02. The van der Waals surface area contributed by atoms with E-state index in [1.54, 1.807) is 23.1 Å². The van der Waals surface area contributed by atoms with Gasteiger partial charge in [-0.25, -0.2) is 4.98 Å². The van der Waals surface area contributed by atoms with Crippen molar-refractivity contribution in [1.82, 2.24) is 4.98 Å². The smallest absolute Gasteiger partial charge is 0.257 e. The Morgan fingerprint density at radius 2 is 1.81 bits per heavy atom. The molecule has 0 atom stereocenters. The quantitative estimate of drug-likeness (QED) is 0.504. The summed E-state index contributed by atoms with van der Waals surface area (Å²) in [5.41, 5.74) is 3.00. The second-order valence-electron chi connectivity index (χ2n) is 6.49. The molecular formula is C21H19ClN2OS2. The largest absolute Gasteiger partial charge is 0.298 e. The van der Waals surface area contributed by atoms with E-state index in [0.717, 1.165) is 29.3 Å². The lowest BCUT2D eigenvalue weighted by Gasteiger charge is -2.06. The molecule has 3 aromatic rings. The van der Waals surface area contributed by atoms with Crippen molar-refractivity contribution in [3.8, 4) is 0 Å². The number of carbonyl (C=O) groups is 1. The van der Waals surface area contributed by atoms with Gasteiger partial charge in [0.05, 0.1) is 5.69 Å². The number of thiazole rings is 1. The summed E-state index contributed by atoms with van der Waals surface area (Å²) in [5.74, 6) is 0.751. The number of nitrogens with zero attached hydrogens (tertiary/aromatic N) is 1. The average molecular weight is 415 g/mol. The van der Waals surface area contributed by atoms with E-state index in [1.807, 2.05) is 48.5 Å².